The summed E-state index contributed by atoms with van der Waals surface area (Å²) in [4.78, 5) is 49.9. The first-order chi connectivity index (χ1) is 13.5. The summed E-state index contributed by atoms with van der Waals surface area (Å²) in [5.74, 6) is -1.60. The number of amides is 4. The van der Waals surface area contributed by atoms with Gasteiger partial charge in [0.2, 0.25) is 5.91 Å². The molecule has 1 atom stereocenters. The van der Waals surface area contributed by atoms with Crippen LogP contribution in [0.15, 0.2) is 30.9 Å². The van der Waals surface area contributed by atoms with Crippen molar-refractivity contribution in [3.05, 3.63) is 42.0 Å². The van der Waals surface area contributed by atoms with Gasteiger partial charge in [-0.05, 0) is 70.4 Å². The number of carbonyl (C=O) groups excluding carboxylic acids is 4. The standard InChI is InChI=1S/C21H27N3O5/c1-6-17(25)24-11-7-8-14-12-15(9-10-16(14)24)19(27)29-13(2)18(26)22-20(28)23-21(3,4)5/h6,9-10,12-13H,1,7-8,11H2,2-5H3,(H2,22,23,26,28). The summed E-state index contributed by atoms with van der Waals surface area (Å²) in [5.41, 5.74) is 1.36. The molecule has 1 aliphatic rings. The smallest absolute Gasteiger partial charge is 0.338 e. The maximum Gasteiger partial charge on any atom is 0.338 e. The molecule has 4 amide bonds. The number of fused-ring (bicyclic) bond motifs is 1. The first kappa shape index (κ1) is 22.1. The van der Waals surface area contributed by atoms with E-state index in [-0.39, 0.29) is 11.5 Å². The molecule has 156 valence electrons. The molecule has 1 unspecified atom stereocenters. The number of hydrogen-bond donors (Lipinski definition) is 2. The molecule has 1 aromatic rings. The molecule has 0 radical (unpaired) electrons. The van der Waals surface area contributed by atoms with E-state index in [1.54, 1.807) is 43.9 Å². The van der Waals surface area contributed by atoms with Gasteiger partial charge in [0.25, 0.3) is 5.91 Å². The van der Waals surface area contributed by atoms with Gasteiger partial charge >= 0.3 is 12.0 Å². The third-order valence-corrected chi connectivity index (χ3v) is 4.25. The van der Waals surface area contributed by atoms with Crippen molar-refractivity contribution in [3.8, 4) is 0 Å². The first-order valence-corrected chi connectivity index (χ1v) is 9.42. The van der Waals surface area contributed by atoms with Gasteiger partial charge < -0.3 is 15.0 Å². The number of nitrogens with zero attached hydrogens (tertiary/aromatic N) is 1. The summed E-state index contributed by atoms with van der Waals surface area (Å²) in [7, 11) is 0. The van der Waals surface area contributed by atoms with E-state index in [4.69, 9.17) is 4.74 Å². The van der Waals surface area contributed by atoms with Crippen LogP contribution in [0.5, 0.6) is 0 Å². The zero-order valence-corrected chi connectivity index (χ0v) is 17.2. The summed E-state index contributed by atoms with van der Waals surface area (Å²) < 4.78 is 5.19. The quantitative estimate of drug-likeness (QED) is 0.595. The molecule has 0 aliphatic carbocycles. The SMILES string of the molecule is C=CC(=O)N1CCCc2cc(C(=O)OC(C)C(=O)NC(=O)NC(C)(C)C)ccc21. The minimum Gasteiger partial charge on any atom is -0.449 e. The summed E-state index contributed by atoms with van der Waals surface area (Å²) in [6.07, 6.45) is 1.60. The number of ether oxygens (including phenoxy) is 1. The lowest BCUT2D eigenvalue weighted by Gasteiger charge is -2.29. The predicted molar refractivity (Wildman–Crippen MR) is 109 cm³/mol. The Morgan fingerprint density at radius 3 is 2.55 bits per heavy atom. The minimum absolute atomic E-state index is 0.194. The molecule has 29 heavy (non-hydrogen) atoms. The van der Waals surface area contributed by atoms with E-state index in [0.29, 0.717) is 6.54 Å². The van der Waals surface area contributed by atoms with E-state index in [1.807, 2.05) is 0 Å². The van der Waals surface area contributed by atoms with E-state index in [1.165, 1.54) is 13.0 Å². The van der Waals surface area contributed by atoms with Gasteiger partial charge in [0.15, 0.2) is 6.10 Å². The van der Waals surface area contributed by atoms with Crippen molar-refractivity contribution in [2.24, 2.45) is 0 Å². The van der Waals surface area contributed by atoms with E-state index >= 15 is 0 Å². The molecule has 1 heterocycles. The van der Waals surface area contributed by atoms with Crippen molar-refractivity contribution in [3.63, 3.8) is 0 Å². The number of esters is 1. The van der Waals surface area contributed by atoms with Gasteiger partial charge in [0.05, 0.1) is 5.56 Å². The lowest BCUT2D eigenvalue weighted by Crippen LogP contribution is -2.50. The zero-order chi connectivity index (χ0) is 21.8. The van der Waals surface area contributed by atoms with Crippen molar-refractivity contribution in [2.75, 3.05) is 11.4 Å². The molecule has 8 heteroatoms. The lowest BCUT2D eigenvalue weighted by molar-refractivity contribution is -0.128. The second kappa shape index (κ2) is 8.89. The average Bonchev–Trinajstić information content (AvgIpc) is 2.64. The molecule has 0 saturated heterocycles. The zero-order valence-electron chi connectivity index (χ0n) is 17.2. The summed E-state index contributed by atoms with van der Waals surface area (Å²) in [5, 5.41) is 4.74. The first-order valence-electron chi connectivity index (χ1n) is 9.42. The maximum atomic E-state index is 12.4. The van der Waals surface area contributed by atoms with Crippen LogP contribution in [0.1, 0.15) is 50.0 Å². The molecule has 0 saturated carbocycles. The number of aryl methyl sites for hydroxylation is 1. The highest BCUT2D eigenvalue weighted by molar-refractivity contribution is 6.02. The van der Waals surface area contributed by atoms with Crippen LogP contribution in [0, 0.1) is 0 Å². The fraction of sp³-hybridized carbons (Fsp3) is 0.429. The Kier molecular flexibility index (Phi) is 6.79. The number of nitrogens with one attached hydrogen (secondary N) is 2. The van der Waals surface area contributed by atoms with Crippen LogP contribution >= 0.6 is 0 Å². The Hall–Kier alpha value is -3.16. The fourth-order valence-electron chi connectivity index (χ4n) is 2.93. The van der Waals surface area contributed by atoms with E-state index < -0.39 is 29.6 Å². The maximum absolute atomic E-state index is 12.4. The summed E-state index contributed by atoms with van der Waals surface area (Å²) >= 11 is 0. The molecule has 0 spiro atoms. The number of hydrogen-bond acceptors (Lipinski definition) is 5. The molecular weight excluding hydrogens is 374 g/mol. The van der Waals surface area contributed by atoms with Crippen LogP contribution in [0.2, 0.25) is 0 Å². The number of urea groups is 1. The highest BCUT2D eigenvalue weighted by atomic mass is 16.5. The second-order valence-corrected chi connectivity index (χ2v) is 7.88. The van der Waals surface area contributed by atoms with Gasteiger partial charge in [-0.2, -0.15) is 0 Å². The van der Waals surface area contributed by atoms with Crippen molar-refractivity contribution in [1.82, 2.24) is 10.6 Å². The van der Waals surface area contributed by atoms with E-state index in [0.717, 1.165) is 24.1 Å². The molecule has 0 bridgehead atoms. The molecule has 1 aromatic carbocycles. The van der Waals surface area contributed by atoms with Gasteiger partial charge in [-0.1, -0.05) is 6.58 Å². The van der Waals surface area contributed by atoms with E-state index in [2.05, 4.69) is 17.2 Å². The third kappa shape index (κ3) is 5.91. The van der Waals surface area contributed by atoms with Crippen LogP contribution in [0.25, 0.3) is 0 Å². The number of carbonyl (C=O) groups is 4. The lowest BCUT2D eigenvalue weighted by atomic mass is 9.99. The second-order valence-electron chi connectivity index (χ2n) is 7.88. The summed E-state index contributed by atoms with van der Waals surface area (Å²) in [6, 6.07) is 4.24. The Morgan fingerprint density at radius 1 is 1.24 bits per heavy atom. The number of anilines is 1. The molecule has 1 aliphatic heterocycles. The molecule has 2 rings (SSSR count). The molecular formula is C21H27N3O5. The van der Waals surface area contributed by atoms with Crippen LogP contribution in [-0.4, -0.2) is 42.0 Å². The topological polar surface area (TPSA) is 105 Å². The normalized spacial score (nSPS) is 14.3. The van der Waals surface area contributed by atoms with Crippen LogP contribution < -0.4 is 15.5 Å². The molecule has 8 nitrogen and oxygen atoms in total. The fourth-order valence-corrected chi connectivity index (χ4v) is 2.93. The van der Waals surface area contributed by atoms with Crippen molar-refractivity contribution in [1.29, 1.82) is 0 Å². The van der Waals surface area contributed by atoms with Crippen LogP contribution in [-0.2, 0) is 20.7 Å². The summed E-state index contributed by atoms with van der Waals surface area (Å²) in [6.45, 7) is 10.8. The number of benzene rings is 1. The number of imide groups is 1. The average molecular weight is 401 g/mol. The van der Waals surface area contributed by atoms with Gasteiger partial charge in [0, 0.05) is 17.8 Å². The van der Waals surface area contributed by atoms with Gasteiger partial charge in [-0.15, -0.1) is 0 Å². The van der Waals surface area contributed by atoms with Crippen molar-refractivity contribution >= 4 is 29.5 Å². The molecule has 0 aromatic heterocycles. The van der Waals surface area contributed by atoms with Crippen molar-refractivity contribution in [2.45, 2.75) is 52.2 Å². The Balaban J connectivity index is 2.04. The monoisotopic (exact) mass is 401 g/mol. The number of rotatable bonds is 4. The third-order valence-electron chi connectivity index (χ3n) is 4.25. The Bertz CT molecular complexity index is 841. The molecule has 0 fully saturated rings. The van der Waals surface area contributed by atoms with Gasteiger partial charge in [0.1, 0.15) is 0 Å². The van der Waals surface area contributed by atoms with Crippen molar-refractivity contribution < 1.29 is 23.9 Å². The van der Waals surface area contributed by atoms with Crippen LogP contribution in [0.3, 0.4) is 0 Å². The van der Waals surface area contributed by atoms with Gasteiger partial charge in [-0.25, -0.2) is 9.59 Å². The van der Waals surface area contributed by atoms with Gasteiger partial charge in [-0.3, -0.25) is 14.9 Å². The Morgan fingerprint density at radius 2 is 1.93 bits per heavy atom. The highest BCUT2D eigenvalue weighted by Gasteiger charge is 2.25. The minimum atomic E-state index is -1.15. The molecule has 2 N–H and O–H groups in total. The highest BCUT2D eigenvalue weighted by Crippen LogP contribution is 2.28. The predicted octanol–water partition coefficient (Wildman–Crippen LogP) is 2.32. The Labute approximate surface area is 170 Å². The van der Waals surface area contributed by atoms with Crippen LogP contribution in [0.4, 0.5) is 10.5 Å². The van der Waals surface area contributed by atoms with E-state index in [9.17, 15) is 19.2 Å². The largest absolute Gasteiger partial charge is 0.449 e.